The summed E-state index contributed by atoms with van der Waals surface area (Å²) in [6.07, 6.45) is 4.16. The topological polar surface area (TPSA) is 76.3 Å². The second-order valence-corrected chi connectivity index (χ2v) is 2.75. The molecule has 72 valence electrons. The molecule has 0 spiro atoms. The lowest BCUT2D eigenvalue weighted by atomic mass is 10.4. The zero-order valence-corrected chi connectivity index (χ0v) is 7.21. The van der Waals surface area contributed by atoms with Gasteiger partial charge in [0, 0.05) is 25.1 Å². The van der Waals surface area contributed by atoms with Crippen LogP contribution in [-0.4, -0.2) is 33.4 Å². The zero-order valence-electron chi connectivity index (χ0n) is 7.21. The Morgan fingerprint density at radius 2 is 2.00 bits per heavy atom. The van der Waals surface area contributed by atoms with Crippen LogP contribution in [0.5, 0.6) is 0 Å². The van der Waals surface area contributed by atoms with Gasteiger partial charge >= 0.3 is 0 Å². The van der Waals surface area contributed by atoms with Crippen LogP contribution in [0.25, 0.3) is 0 Å². The van der Waals surface area contributed by atoms with Gasteiger partial charge in [0.05, 0.1) is 0 Å². The highest BCUT2D eigenvalue weighted by Crippen LogP contribution is 2.04. The van der Waals surface area contributed by atoms with Crippen LogP contribution in [0.1, 0.15) is 5.89 Å². The van der Waals surface area contributed by atoms with Crippen molar-refractivity contribution in [3.8, 4) is 0 Å². The van der Waals surface area contributed by atoms with Crippen LogP contribution in [0.2, 0.25) is 0 Å². The fourth-order valence-corrected chi connectivity index (χ4v) is 1.17. The van der Waals surface area contributed by atoms with Crippen LogP contribution in [0.3, 0.4) is 0 Å². The van der Waals surface area contributed by atoms with Crippen molar-refractivity contribution in [2.45, 2.75) is 6.42 Å². The maximum Gasteiger partial charge on any atom is 0.253 e. The maximum atomic E-state index is 11.1. The van der Waals surface area contributed by atoms with Gasteiger partial charge in [-0.25, -0.2) is 0 Å². The molecular weight excluding hydrogens is 186 g/mol. The fraction of sp³-hybridized carbons (Fsp3) is 0.250. The molecule has 0 N–H and O–H groups in total. The fourth-order valence-electron chi connectivity index (χ4n) is 1.17. The molecule has 1 aliphatic heterocycles. The molecule has 0 atom stereocenters. The van der Waals surface area contributed by atoms with E-state index in [9.17, 15) is 9.59 Å². The number of aromatic nitrogens is 2. The van der Waals surface area contributed by atoms with Crippen LogP contribution in [0, 0.1) is 0 Å². The summed E-state index contributed by atoms with van der Waals surface area (Å²) in [7, 11) is 0. The second-order valence-electron chi connectivity index (χ2n) is 2.75. The normalized spacial score (nSPS) is 15.6. The van der Waals surface area contributed by atoms with Gasteiger partial charge in [-0.05, 0) is 0 Å². The number of hydrogen-bond acceptors (Lipinski definition) is 5. The smallest absolute Gasteiger partial charge is 0.253 e. The van der Waals surface area contributed by atoms with Gasteiger partial charge in [-0.2, -0.15) is 4.98 Å². The molecule has 6 nitrogen and oxygen atoms in total. The van der Waals surface area contributed by atoms with E-state index >= 15 is 0 Å². The van der Waals surface area contributed by atoms with E-state index in [1.807, 2.05) is 0 Å². The Bertz CT molecular complexity index is 365. The SMILES string of the molecule is O=C1C=CC(=O)N1CCc1ncno1. The average molecular weight is 193 g/mol. The third kappa shape index (κ3) is 1.54. The van der Waals surface area contributed by atoms with Crippen LogP contribution in [0.4, 0.5) is 0 Å². The minimum absolute atomic E-state index is 0.271. The molecule has 0 aromatic carbocycles. The minimum Gasteiger partial charge on any atom is -0.340 e. The maximum absolute atomic E-state index is 11.1. The molecule has 0 fully saturated rings. The Hall–Kier alpha value is -1.98. The highest BCUT2D eigenvalue weighted by molar-refractivity contribution is 6.12. The van der Waals surface area contributed by atoms with Gasteiger partial charge in [-0.15, -0.1) is 0 Å². The molecule has 0 saturated heterocycles. The van der Waals surface area contributed by atoms with Crippen molar-refractivity contribution < 1.29 is 14.1 Å². The lowest BCUT2D eigenvalue weighted by Gasteiger charge is -2.11. The molecule has 0 bridgehead atoms. The van der Waals surface area contributed by atoms with Crippen LogP contribution in [-0.2, 0) is 16.0 Å². The Labute approximate surface area is 79.2 Å². The number of rotatable bonds is 3. The van der Waals surface area contributed by atoms with Gasteiger partial charge < -0.3 is 4.52 Å². The van der Waals surface area contributed by atoms with Crippen molar-refractivity contribution in [2.75, 3.05) is 6.54 Å². The number of hydrogen-bond donors (Lipinski definition) is 0. The molecule has 14 heavy (non-hydrogen) atoms. The van der Waals surface area contributed by atoms with Gasteiger partial charge in [-0.1, -0.05) is 5.16 Å². The molecule has 0 aliphatic carbocycles. The lowest BCUT2D eigenvalue weighted by Crippen LogP contribution is -2.31. The van der Waals surface area contributed by atoms with E-state index in [0.29, 0.717) is 12.3 Å². The highest BCUT2D eigenvalue weighted by atomic mass is 16.5. The second kappa shape index (κ2) is 3.41. The van der Waals surface area contributed by atoms with E-state index in [-0.39, 0.29) is 18.4 Å². The Morgan fingerprint density at radius 3 is 2.57 bits per heavy atom. The number of imide groups is 1. The summed E-state index contributed by atoms with van der Waals surface area (Å²) >= 11 is 0. The Morgan fingerprint density at radius 1 is 1.29 bits per heavy atom. The van der Waals surface area contributed by atoms with Crippen molar-refractivity contribution in [3.63, 3.8) is 0 Å². The lowest BCUT2D eigenvalue weighted by molar-refractivity contribution is -0.136. The van der Waals surface area contributed by atoms with E-state index in [1.165, 1.54) is 18.5 Å². The van der Waals surface area contributed by atoms with Crippen molar-refractivity contribution >= 4 is 11.8 Å². The first-order valence-corrected chi connectivity index (χ1v) is 4.06. The summed E-state index contributed by atoms with van der Waals surface area (Å²) in [6, 6.07) is 0. The zero-order chi connectivity index (χ0) is 9.97. The third-order valence-electron chi connectivity index (χ3n) is 1.86. The monoisotopic (exact) mass is 193 g/mol. The largest absolute Gasteiger partial charge is 0.340 e. The molecular formula is C8H7N3O3. The molecule has 2 heterocycles. The van der Waals surface area contributed by atoms with Crippen LogP contribution < -0.4 is 0 Å². The van der Waals surface area contributed by atoms with Crippen molar-refractivity contribution in [3.05, 3.63) is 24.4 Å². The number of nitrogens with zero attached hydrogens (tertiary/aromatic N) is 3. The Balaban J connectivity index is 1.93. The van der Waals surface area contributed by atoms with E-state index < -0.39 is 0 Å². The van der Waals surface area contributed by atoms with E-state index in [0.717, 1.165) is 4.90 Å². The summed E-state index contributed by atoms with van der Waals surface area (Å²) in [5.41, 5.74) is 0. The Kier molecular flexibility index (Phi) is 2.10. The number of carbonyl (C=O) groups is 2. The first-order chi connectivity index (χ1) is 6.77. The van der Waals surface area contributed by atoms with Crippen molar-refractivity contribution in [1.29, 1.82) is 0 Å². The summed E-state index contributed by atoms with van der Waals surface area (Å²) in [6.45, 7) is 0.271. The van der Waals surface area contributed by atoms with Gasteiger partial charge in [0.25, 0.3) is 11.8 Å². The molecule has 0 radical (unpaired) electrons. The van der Waals surface area contributed by atoms with Gasteiger partial charge in [0.2, 0.25) is 5.89 Å². The predicted molar refractivity (Wildman–Crippen MR) is 43.9 cm³/mol. The summed E-state index contributed by atoms with van der Waals surface area (Å²) in [5, 5.41) is 3.42. The third-order valence-corrected chi connectivity index (χ3v) is 1.86. The molecule has 2 amide bonds. The van der Waals surface area contributed by atoms with Crippen LogP contribution >= 0.6 is 0 Å². The first kappa shape index (κ1) is 8.61. The molecule has 6 heteroatoms. The van der Waals surface area contributed by atoms with Gasteiger partial charge in [-0.3, -0.25) is 14.5 Å². The quantitative estimate of drug-likeness (QED) is 0.607. The summed E-state index contributed by atoms with van der Waals surface area (Å²) in [5.74, 6) is -0.179. The van der Waals surface area contributed by atoms with E-state index in [2.05, 4.69) is 10.1 Å². The first-order valence-electron chi connectivity index (χ1n) is 4.06. The predicted octanol–water partition coefficient (Wildman–Crippen LogP) is -0.463. The molecule has 1 aromatic rings. The van der Waals surface area contributed by atoms with Crippen molar-refractivity contribution in [1.82, 2.24) is 15.0 Å². The molecule has 0 saturated carbocycles. The standard InChI is InChI=1S/C8H7N3O3/c12-7-1-2-8(13)11(7)4-3-6-9-5-10-14-6/h1-2,5H,3-4H2. The minimum atomic E-state index is -0.297. The summed E-state index contributed by atoms with van der Waals surface area (Å²) in [4.78, 5) is 27.1. The summed E-state index contributed by atoms with van der Waals surface area (Å²) < 4.78 is 4.73. The number of amides is 2. The van der Waals surface area contributed by atoms with E-state index in [4.69, 9.17) is 4.52 Å². The van der Waals surface area contributed by atoms with E-state index in [1.54, 1.807) is 0 Å². The number of carbonyl (C=O) groups excluding carboxylic acids is 2. The van der Waals surface area contributed by atoms with Gasteiger partial charge in [0.15, 0.2) is 6.33 Å². The molecule has 2 rings (SSSR count). The molecule has 0 unspecified atom stereocenters. The highest BCUT2D eigenvalue weighted by Gasteiger charge is 2.23. The van der Waals surface area contributed by atoms with Gasteiger partial charge in [0.1, 0.15) is 0 Å². The van der Waals surface area contributed by atoms with Crippen LogP contribution in [0.15, 0.2) is 23.0 Å². The molecule has 1 aromatic heterocycles. The molecule has 1 aliphatic rings. The van der Waals surface area contributed by atoms with Crippen molar-refractivity contribution in [2.24, 2.45) is 0 Å². The average Bonchev–Trinajstić information content (AvgIpc) is 2.76.